The van der Waals surface area contributed by atoms with E-state index in [2.05, 4.69) is 65.5 Å². The summed E-state index contributed by atoms with van der Waals surface area (Å²) < 4.78 is 1.22. The summed E-state index contributed by atoms with van der Waals surface area (Å²) in [5.74, 6) is 0.617. The van der Waals surface area contributed by atoms with Gasteiger partial charge >= 0.3 is 0 Å². The van der Waals surface area contributed by atoms with Crippen LogP contribution in [0.5, 0.6) is 0 Å². The fourth-order valence-corrected chi connectivity index (χ4v) is 4.69. The Morgan fingerprint density at radius 3 is 2.78 bits per heavy atom. The van der Waals surface area contributed by atoms with E-state index in [1.807, 2.05) is 11.3 Å². The molecule has 1 nitrogen and oxygen atoms in total. The Bertz CT molecular complexity index is 576. The van der Waals surface area contributed by atoms with Gasteiger partial charge in [0.1, 0.15) is 0 Å². The Morgan fingerprint density at radius 1 is 1.39 bits per heavy atom. The van der Waals surface area contributed by atoms with Gasteiger partial charge in [-0.15, -0.1) is 11.3 Å². The van der Waals surface area contributed by atoms with E-state index in [-0.39, 0.29) is 0 Å². The predicted molar refractivity (Wildman–Crippen MR) is 81.4 cm³/mol. The molecule has 0 saturated heterocycles. The Hall–Kier alpha value is -0.640. The van der Waals surface area contributed by atoms with Gasteiger partial charge in [-0.3, -0.25) is 0 Å². The molecule has 1 N–H and O–H groups in total. The molecule has 1 heterocycles. The van der Waals surface area contributed by atoms with Crippen molar-refractivity contribution in [1.82, 2.24) is 5.32 Å². The molecule has 0 spiro atoms. The van der Waals surface area contributed by atoms with Gasteiger partial charge in [0.25, 0.3) is 0 Å². The first-order chi connectivity index (χ1) is 8.70. The van der Waals surface area contributed by atoms with E-state index in [4.69, 9.17) is 0 Å². The lowest BCUT2D eigenvalue weighted by Crippen LogP contribution is -2.31. The standard InChI is InChI=1S/C15H16BrNS/c1-9-12(8-14(16)18-9)15(17-2)13-7-10-5-3-4-6-11(10)13/h3-6,8,13,15,17H,7H2,1-2H3. The predicted octanol–water partition coefficient (Wildman–Crippen LogP) is 4.42. The number of likely N-dealkylation sites (N-methyl/N-ethyl adjacent to an activating group) is 1. The molecule has 3 heteroatoms. The summed E-state index contributed by atoms with van der Waals surface area (Å²) in [5, 5.41) is 3.50. The largest absolute Gasteiger partial charge is 0.312 e. The maximum Gasteiger partial charge on any atom is 0.0704 e. The number of hydrogen-bond acceptors (Lipinski definition) is 2. The Kier molecular flexibility index (Phi) is 3.31. The maximum atomic E-state index is 3.59. The van der Waals surface area contributed by atoms with Crippen LogP contribution >= 0.6 is 27.3 Å². The molecule has 2 aromatic rings. The summed E-state index contributed by atoms with van der Waals surface area (Å²) in [6, 6.07) is 11.5. The first kappa shape index (κ1) is 12.4. The van der Waals surface area contributed by atoms with Crippen molar-refractivity contribution in [3.8, 4) is 0 Å². The third-order valence-corrected chi connectivity index (χ3v) is 5.44. The number of aryl methyl sites for hydroxylation is 1. The zero-order valence-electron chi connectivity index (χ0n) is 10.5. The summed E-state index contributed by atoms with van der Waals surface area (Å²) in [6.45, 7) is 2.21. The van der Waals surface area contributed by atoms with Crippen LogP contribution in [0.3, 0.4) is 0 Å². The molecule has 3 rings (SSSR count). The number of hydrogen-bond donors (Lipinski definition) is 1. The number of benzene rings is 1. The summed E-state index contributed by atoms with van der Waals surface area (Å²) in [5.41, 5.74) is 4.46. The van der Waals surface area contributed by atoms with Gasteiger partial charge in [-0.25, -0.2) is 0 Å². The van der Waals surface area contributed by atoms with Crippen LogP contribution in [0.2, 0.25) is 0 Å². The molecule has 0 aliphatic heterocycles. The number of thiophene rings is 1. The first-order valence-corrected chi connectivity index (χ1v) is 7.82. The van der Waals surface area contributed by atoms with Gasteiger partial charge in [-0.05, 0) is 59.1 Å². The molecule has 1 aliphatic rings. The van der Waals surface area contributed by atoms with Crippen LogP contribution in [0.15, 0.2) is 34.1 Å². The van der Waals surface area contributed by atoms with Crippen molar-refractivity contribution in [3.63, 3.8) is 0 Å². The minimum Gasteiger partial charge on any atom is -0.312 e. The van der Waals surface area contributed by atoms with E-state index in [1.54, 1.807) is 0 Å². The lowest BCUT2D eigenvalue weighted by molar-refractivity contribution is 0.438. The third kappa shape index (κ3) is 1.94. The van der Waals surface area contributed by atoms with Crippen LogP contribution in [0, 0.1) is 6.92 Å². The molecular weight excluding hydrogens is 306 g/mol. The van der Waals surface area contributed by atoms with Crippen LogP contribution in [0.1, 0.15) is 33.5 Å². The molecule has 18 heavy (non-hydrogen) atoms. The SMILES string of the molecule is CNC(c1cc(Br)sc1C)C1Cc2ccccc21. The lowest BCUT2D eigenvalue weighted by Gasteiger charge is -2.36. The molecule has 2 atom stereocenters. The normalized spacial score (nSPS) is 19.2. The van der Waals surface area contributed by atoms with Crippen molar-refractivity contribution in [3.05, 3.63) is 55.7 Å². The molecule has 1 aliphatic carbocycles. The van der Waals surface area contributed by atoms with Crippen LogP contribution in [-0.2, 0) is 6.42 Å². The van der Waals surface area contributed by atoms with Gasteiger partial charge in [0.15, 0.2) is 0 Å². The molecule has 94 valence electrons. The molecule has 0 radical (unpaired) electrons. The van der Waals surface area contributed by atoms with E-state index < -0.39 is 0 Å². The minimum atomic E-state index is 0.433. The summed E-state index contributed by atoms with van der Waals surface area (Å²) in [7, 11) is 2.07. The first-order valence-electron chi connectivity index (χ1n) is 6.21. The van der Waals surface area contributed by atoms with Gasteiger partial charge in [0, 0.05) is 16.8 Å². The van der Waals surface area contributed by atoms with Gasteiger partial charge < -0.3 is 5.32 Å². The summed E-state index contributed by atoms with van der Waals surface area (Å²) in [6.07, 6.45) is 1.19. The highest BCUT2D eigenvalue weighted by atomic mass is 79.9. The van der Waals surface area contributed by atoms with Gasteiger partial charge in [0.2, 0.25) is 0 Å². The quantitative estimate of drug-likeness (QED) is 0.882. The zero-order chi connectivity index (χ0) is 12.7. The summed E-state index contributed by atoms with van der Waals surface area (Å²) >= 11 is 5.41. The zero-order valence-corrected chi connectivity index (χ0v) is 12.9. The van der Waals surface area contributed by atoms with Crippen molar-refractivity contribution in [2.24, 2.45) is 0 Å². The fraction of sp³-hybridized carbons (Fsp3) is 0.333. The highest BCUT2D eigenvalue weighted by molar-refractivity contribution is 9.11. The Labute approximate surface area is 120 Å². The van der Waals surface area contributed by atoms with E-state index >= 15 is 0 Å². The van der Waals surface area contributed by atoms with Gasteiger partial charge in [-0.2, -0.15) is 0 Å². The van der Waals surface area contributed by atoms with Crippen LogP contribution in [-0.4, -0.2) is 7.05 Å². The molecule has 0 amide bonds. The van der Waals surface area contributed by atoms with Gasteiger partial charge in [-0.1, -0.05) is 24.3 Å². The van der Waals surface area contributed by atoms with E-state index in [9.17, 15) is 0 Å². The molecule has 1 aromatic carbocycles. The fourth-order valence-electron chi connectivity index (χ4n) is 2.94. The van der Waals surface area contributed by atoms with Crippen molar-refractivity contribution in [2.75, 3.05) is 7.05 Å². The minimum absolute atomic E-state index is 0.433. The van der Waals surface area contributed by atoms with Crippen molar-refractivity contribution in [2.45, 2.75) is 25.3 Å². The monoisotopic (exact) mass is 321 g/mol. The van der Waals surface area contributed by atoms with Crippen molar-refractivity contribution in [1.29, 1.82) is 0 Å². The molecule has 2 unspecified atom stereocenters. The number of halogens is 1. The average molecular weight is 322 g/mol. The number of nitrogens with one attached hydrogen (secondary N) is 1. The molecular formula is C15H16BrNS. The smallest absolute Gasteiger partial charge is 0.0704 e. The third-order valence-electron chi connectivity index (χ3n) is 3.87. The second-order valence-electron chi connectivity index (χ2n) is 4.84. The van der Waals surface area contributed by atoms with E-state index in [1.165, 1.54) is 31.8 Å². The van der Waals surface area contributed by atoms with E-state index in [0.717, 1.165) is 0 Å². The average Bonchev–Trinajstić information content (AvgIpc) is 2.65. The summed E-state index contributed by atoms with van der Waals surface area (Å²) in [4.78, 5) is 1.41. The maximum absolute atomic E-state index is 3.59. The highest BCUT2D eigenvalue weighted by Gasteiger charge is 2.33. The molecule has 0 saturated carbocycles. The van der Waals surface area contributed by atoms with Crippen molar-refractivity contribution >= 4 is 27.3 Å². The van der Waals surface area contributed by atoms with Crippen LogP contribution in [0.4, 0.5) is 0 Å². The van der Waals surface area contributed by atoms with Gasteiger partial charge in [0.05, 0.1) is 3.79 Å². The van der Waals surface area contributed by atoms with Crippen LogP contribution in [0.25, 0.3) is 0 Å². The number of rotatable bonds is 3. The lowest BCUT2D eigenvalue weighted by atomic mass is 9.72. The molecule has 0 fully saturated rings. The van der Waals surface area contributed by atoms with Crippen LogP contribution < -0.4 is 5.32 Å². The second kappa shape index (κ2) is 4.80. The van der Waals surface area contributed by atoms with E-state index in [0.29, 0.717) is 12.0 Å². The second-order valence-corrected chi connectivity index (χ2v) is 7.47. The Balaban J connectivity index is 1.94. The topological polar surface area (TPSA) is 12.0 Å². The molecule has 0 bridgehead atoms. The Morgan fingerprint density at radius 2 is 2.17 bits per heavy atom. The van der Waals surface area contributed by atoms with Crippen molar-refractivity contribution < 1.29 is 0 Å². The highest BCUT2D eigenvalue weighted by Crippen LogP contribution is 2.45. The number of fused-ring (bicyclic) bond motifs is 1. The molecule has 1 aromatic heterocycles.